The van der Waals surface area contributed by atoms with Crippen molar-refractivity contribution in [3.8, 4) is 0 Å². The van der Waals surface area contributed by atoms with Crippen LogP contribution in [0, 0.1) is 12.7 Å². The van der Waals surface area contributed by atoms with Crippen molar-refractivity contribution >= 4 is 22.7 Å². The number of esters is 1. The number of alkyl halides is 3. The van der Waals surface area contributed by atoms with Crippen LogP contribution < -0.4 is 10.9 Å². The first-order chi connectivity index (χ1) is 16.1. The fourth-order valence-corrected chi connectivity index (χ4v) is 3.99. The minimum Gasteiger partial charge on any atom is -0.465 e. The zero-order valence-corrected chi connectivity index (χ0v) is 18.7. The van der Waals surface area contributed by atoms with Crippen molar-refractivity contribution in [1.29, 1.82) is 0 Å². The number of aromatic nitrogens is 3. The van der Waals surface area contributed by atoms with E-state index < -0.39 is 47.6 Å². The maximum Gasteiger partial charge on any atom is 0.345 e. The van der Waals surface area contributed by atoms with Gasteiger partial charge >= 0.3 is 5.97 Å². The monoisotopic (exact) mass is 478 g/mol. The summed E-state index contributed by atoms with van der Waals surface area (Å²) in [6, 6.07) is 2.88. The van der Waals surface area contributed by atoms with E-state index in [0.29, 0.717) is 12.8 Å². The maximum absolute atomic E-state index is 14.7. The Balaban J connectivity index is 1.90. The topological polar surface area (TPSA) is 86.1 Å². The molecule has 1 fully saturated rings. The minimum absolute atomic E-state index is 0.00763. The number of benzene rings is 1. The molecule has 1 N–H and O–H groups in total. The van der Waals surface area contributed by atoms with E-state index in [1.54, 1.807) is 6.92 Å². The van der Waals surface area contributed by atoms with Crippen LogP contribution in [0.3, 0.4) is 0 Å². The van der Waals surface area contributed by atoms with Crippen molar-refractivity contribution in [2.45, 2.75) is 44.7 Å². The lowest BCUT2D eigenvalue weighted by molar-refractivity contribution is 0.0599. The first-order valence-corrected chi connectivity index (χ1v) is 10.5. The van der Waals surface area contributed by atoms with Gasteiger partial charge in [-0.1, -0.05) is 18.2 Å². The molecule has 1 aromatic carbocycles. The summed E-state index contributed by atoms with van der Waals surface area (Å²) in [6.07, 6.45) is -0.793. The van der Waals surface area contributed by atoms with Crippen molar-refractivity contribution in [3.63, 3.8) is 0 Å². The van der Waals surface area contributed by atoms with Gasteiger partial charge < -0.3 is 14.6 Å². The van der Waals surface area contributed by atoms with E-state index in [4.69, 9.17) is 4.74 Å². The molecule has 0 bridgehead atoms. The molecule has 0 radical (unpaired) electrons. The lowest BCUT2D eigenvalue weighted by atomic mass is 10.0. The van der Waals surface area contributed by atoms with E-state index in [-0.39, 0.29) is 33.7 Å². The first-order valence-electron chi connectivity index (χ1n) is 10.5. The second-order valence-corrected chi connectivity index (χ2v) is 8.33. The maximum atomic E-state index is 14.7. The normalized spacial score (nSPS) is 15.4. The van der Waals surface area contributed by atoms with Crippen LogP contribution >= 0.6 is 0 Å². The molecule has 0 unspecified atom stereocenters. The molecule has 1 aliphatic carbocycles. The molecule has 1 saturated carbocycles. The van der Waals surface area contributed by atoms with Crippen LogP contribution in [0.5, 0.6) is 0 Å². The second kappa shape index (κ2) is 8.69. The molecule has 0 spiro atoms. The molecule has 1 aliphatic rings. The largest absolute Gasteiger partial charge is 0.465 e. The zero-order valence-electron chi connectivity index (χ0n) is 18.7. The highest BCUT2D eigenvalue weighted by Crippen LogP contribution is 2.43. The predicted octanol–water partition coefficient (Wildman–Crippen LogP) is 4.59. The van der Waals surface area contributed by atoms with Gasteiger partial charge in [0.25, 0.3) is 12.0 Å². The zero-order chi connectivity index (χ0) is 24.8. The highest BCUT2D eigenvalue weighted by molar-refractivity contribution is 6.04. The Kier molecular flexibility index (Phi) is 6.05. The number of anilines is 1. The molecule has 0 aliphatic heterocycles. The number of aryl methyl sites for hydroxylation is 1. The van der Waals surface area contributed by atoms with Crippen LogP contribution in [0.4, 0.5) is 23.4 Å². The van der Waals surface area contributed by atoms with E-state index >= 15 is 0 Å². The number of nitrogens with one attached hydrogen (secondary N) is 1. The summed E-state index contributed by atoms with van der Waals surface area (Å²) < 4.78 is 60.8. The molecule has 1 atom stereocenters. The molecular weight excluding hydrogens is 456 g/mol. The van der Waals surface area contributed by atoms with Crippen LogP contribution in [-0.2, 0) is 10.3 Å². The molecule has 7 nitrogen and oxygen atoms in total. The van der Waals surface area contributed by atoms with E-state index in [1.807, 2.05) is 0 Å². The third-order valence-electron chi connectivity index (χ3n) is 6.07. The summed E-state index contributed by atoms with van der Waals surface area (Å²) in [5.74, 6) is -1.66. The summed E-state index contributed by atoms with van der Waals surface area (Å²) in [4.78, 5) is 34.2. The number of fused-ring (bicyclic) bond motifs is 1. The van der Waals surface area contributed by atoms with Crippen molar-refractivity contribution in [2.75, 3.05) is 19.1 Å². The van der Waals surface area contributed by atoms with Crippen LogP contribution in [0.2, 0.25) is 0 Å². The number of halogens is 4. The number of methoxy groups -OCH3 is 1. The fourth-order valence-electron chi connectivity index (χ4n) is 3.99. The van der Waals surface area contributed by atoms with E-state index in [1.165, 1.54) is 25.3 Å². The minimum atomic E-state index is -2.98. The van der Waals surface area contributed by atoms with Crippen molar-refractivity contribution in [1.82, 2.24) is 14.5 Å². The van der Waals surface area contributed by atoms with Crippen LogP contribution in [0.25, 0.3) is 10.9 Å². The summed E-state index contributed by atoms with van der Waals surface area (Å²) in [6.45, 7) is 2.28. The SMILES string of the molecule is COC(=O)c1c(=O)n(C2(CF)CC2)cc2c(N[C@H](C)c3cccc(C(F)F)c3F)nc(C)nc12. The molecule has 4 rings (SSSR count). The second-order valence-electron chi connectivity index (χ2n) is 8.33. The number of hydrogen-bond donors (Lipinski definition) is 1. The van der Waals surface area contributed by atoms with Crippen LogP contribution in [0.1, 0.15) is 59.5 Å². The quantitative estimate of drug-likeness (QED) is 0.395. The van der Waals surface area contributed by atoms with Crippen molar-refractivity contribution in [3.05, 3.63) is 63.1 Å². The number of ether oxygens (including phenoxy) is 1. The standard InChI is InChI=1S/C23H22F4N4O3/c1-11(13-5-4-6-14(17(13)25)19(26)27)28-20-15-9-31(23(10-24)7-8-23)21(32)16(22(33)34-3)18(15)29-12(2)30-20/h4-6,9,11,19H,7-8,10H2,1-3H3,(H,28,29,30)/t11-/m1/s1. The molecule has 2 aromatic heterocycles. The molecular formula is C23H22F4N4O3. The van der Waals surface area contributed by atoms with Gasteiger partial charge in [-0.05, 0) is 26.7 Å². The third kappa shape index (κ3) is 3.88. The van der Waals surface area contributed by atoms with Gasteiger partial charge in [-0.3, -0.25) is 4.79 Å². The molecule has 0 amide bonds. The predicted molar refractivity (Wildman–Crippen MR) is 116 cm³/mol. The number of carbonyl (C=O) groups is 1. The molecule has 11 heteroatoms. The van der Waals surface area contributed by atoms with E-state index in [2.05, 4.69) is 15.3 Å². The number of rotatable bonds is 7. The van der Waals surface area contributed by atoms with Gasteiger partial charge in [-0.2, -0.15) is 0 Å². The van der Waals surface area contributed by atoms with Gasteiger partial charge in [-0.25, -0.2) is 32.3 Å². The highest BCUT2D eigenvalue weighted by atomic mass is 19.3. The molecule has 180 valence electrons. The fraction of sp³-hybridized carbons (Fsp3) is 0.391. The summed E-state index contributed by atoms with van der Waals surface area (Å²) in [5.41, 5.74) is -2.93. The Morgan fingerprint density at radius 3 is 2.53 bits per heavy atom. The average molecular weight is 478 g/mol. The van der Waals surface area contributed by atoms with E-state index in [0.717, 1.165) is 17.7 Å². The molecule has 34 heavy (non-hydrogen) atoms. The third-order valence-corrected chi connectivity index (χ3v) is 6.07. The molecule has 0 saturated heterocycles. The average Bonchev–Trinajstić information content (AvgIpc) is 3.59. The molecule has 2 heterocycles. The van der Waals surface area contributed by atoms with E-state index in [9.17, 15) is 27.2 Å². The van der Waals surface area contributed by atoms with Crippen LogP contribution in [-0.4, -0.2) is 34.3 Å². The Morgan fingerprint density at radius 1 is 1.26 bits per heavy atom. The number of pyridine rings is 1. The first kappa shape index (κ1) is 23.7. The highest BCUT2D eigenvalue weighted by Gasteiger charge is 2.46. The van der Waals surface area contributed by atoms with Gasteiger partial charge in [0, 0.05) is 11.8 Å². The van der Waals surface area contributed by atoms with Gasteiger partial charge in [0.15, 0.2) is 5.56 Å². The van der Waals surface area contributed by atoms with Crippen LogP contribution in [0.15, 0.2) is 29.2 Å². The van der Waals surface area contributed by atoms with Crippen molar-refractivity contribution < 1.29 is 27.1 Å². The Hall–Kier alpha value is -3.50. The van der Waals surface area contributed by atoms with Crippen molar-refractivity contribution in [2.24, 2.45) is 0 Å². The Labute approximate surface area is 191 Å². The summed E-state index contributed by atoms with van der Waals surface area (Å²) >= 11 is 0. The van der Waals surface area contributed by atoms with Gasteiger partial charge in [0.05, 0.1) is 35.2 Å². The lowest BCUT2D eigenvalue weighted by Crippen LogP contribution is -2.35. The van der Waals surface area contributed by atoms with Gasteiger partial charge in [-0.15, -0.1) is 0 Å². The summed E-state index contributed by atoms with van der Waals surface area (Å²) in [5, 5.41) is 3.18. The number of carbonyl (C=O) groups excluding carboxylic acids is 1. The summed E-state index contributed by atoms with van der Waals surface area (Å²) in [7, 11) is 1.11. The number of hydrogen-bond acceptors (Lipinski definition) is 6. The lowest BCUT2D eigenvalue weighted by Gasteiger charge is -2.21. The smallest absolute Gasteiger partial charge is 0.345 e. The molecule has 3 aromatic rings. The Bertz CT molecular complexity index is 1340. The van der Waals surface area contributed by atoms with Gasteiger partial charge in [0.1, 0.15) is 24.1 Å². The van der Waals surface area contributed by atoms with Gasteiger partial charge in [0.2, 0.25) is 0 Å². The Morgan fingerprint density at radius 2 is 1.94 bits per heavy atom. The number of nitrogens with zero attached hydrogens (tertiary/aromatic N) is 3.